The molecule has 1 aliphatic heterocycles. The van der Waals surface area contributed by atoms with E-state index in [2.05, 4.69) is 15.2 Å². The van der Waals surface area contributed by atoms with Crippen LogP contribution in [0.4, 0.5) is 10.1 Å². The first-order valence-electron chi connectivity index (χ1n) is 13.2. The van der Waals surface area contributed by atoms with Crippen LogP contribution in [0.2, 0.25) is 5.02 Å². The van der Waals surface area contributed by atoms with E-state index in [0.717, 1.165) is 0 Å². The van der Waals surface area contributed by atoms with E-state index in [9.17, 15) is 17.6 Å². The summed E-state index contributed by atoms with van der Waals surface area (Å²) >= 11 is 6.26. The molecule has 0 amide bonds. The van der Waals surface area contributed by atoms with Crippen LogP contribution in [0.25, 0.3) is 11.6 Å². The Hall–Kier alpha value is -4.16. The molecule has 0 fully saturated rings. The molecule has 13 heteroatoms. The van der Waals surface area contributed by atoms with Gasteiger partial charge in [0.15, 0.2) is 0 Å². The highest BCUT2D eigenvalue weighted by Gasteiger charge is 2.37. The smallest absolute Gasteiger partial charge is 0.434 e. The van der Waals surface area contributed by atoms with Crippen molar-refractivity contribution in [2.24, 2.45) is 0 Å². The molecule has 4 aromatic rings. The lowest BCUT2D eigenvalue weighted by molar-refractivity contribution is 0.186. The average Bonchev–Trinajstić information content (AvgIpc) is 3.37. The molecule has 0 saturated carbocycles. The van der Waals surface area contributed by atoms with Gasteiger partial charge in [0.05, 0.1) is 23.9 Å². The number of allylic oxidation sites excluding steroid dienone is 1. The summed E-state index contributed by atoms with van der Waals surface area (Å²) in [5.41, 5.74) is 2.37. The fourth-order valence-corrected chi connectivity index (χ4v) is 6.70. The zero-order valence-electron chi connectivity index (χ0n) is 23.1. The fraction of sp³-hybridized carbons (Fsp3) is 0.276. The first kappa shape index (κ1) is 29.3. The first-order valence-corrected chi connectivity index (χ1v) is 15.0. The number of hydrogen-bond donors (Lipinski definition) is 1. The molecule has 1 atom stereocenters. The number of fused-ring (bicyclic) bond motifs is 1. The molecular formula is C29H28ClFN4O6S. The molecule has 2 aromatic heterocycles. The Labute approximate surface area is 246 Å². The third kappa shape index (κ3) is 6.04. The van der Waals surface area contributed by atoms with Gasteiger partial charge in [0.25, 0.3) is 10.0 Å². The number of ether oxygens (including phenoxy) is 2. The first-order chi connectivity index (χ1) is 20.1. The number of hydrogen-bond acceptors (Lipinski definition) is 8. The summed E-state index contributed by atoms with van der Waals surface area (Å²) in [5.74, 6) is -0.629. The Balaban J connectivity index is 1.57. The predicted molar refractivity (Wildman–Crippen MR) is 156 cm³/mol. The van der Waals surface area contributed by atoms with Gasteiger partial charge >= 0.3 is 5.76 Å². The standard InChI is InChI=1S/C29H28ClFN4O6S/c1-4-39-28-25(12-17(2)15-32-28)42(37,38)35-16-20(9-11-26-33-34-29(36)41-26)40-24-10-8-19(14-23(24)35)13-18(3)27-21(30)6-5-7-22(27)31/h5-8,10,12-15,20H,4,9,11,16H2,1-3H3,(H,34,36)/b18-13+/t20-/m0/s1. The van der Waals surface area contributed by atoms with E-state index in [1.54, 1.807) is 51.1 Å². The van der Waals surface area contributed by atoms with Crippen molar-refractivity contribution in [3.63, 3.8) is 0 Å². The van der Waals surface area contributed by atoms with Crippen molar-refractivity contribution in [1.82, 2.24) is 15.2 Å². The van der Waals surface area contributed by atoms with E-state index < -0.39 is 27.7 Å². The van der Waals surface area contributed by atoms with Gasteiger partial charge in [-0.15, -0.1) is 5.10 Å². The van der Waals surface area contributed by atoms with Gasteiger partial charge in [-0.1, -0.05) is 29.8 Å². The van der Waals surface area contributed by atoms with Crippen LogP contribution in [0.1, 0.15) is 42.8 Å². The lowest BCUT2D eigenvalue weighted by Gasteiger charge is -2.35. The molecule has 0 aliphatic carbocycles. The van der Waals surface area contributed by atoms with Gasteiger partial charge in [0, 0.05) is 18.2 Å². The Morgan fingerprint density at radius 1 is 1.29 bits per heavy atom. The highest BCUT2D eigenvalue weighted by atomic mass is 35.5. The number of nitrogens with one attached hydrogen (secondary N) is 1. The molecular weight excluding hydrogens is 587 g/mol. The topological polar surface area (TPSA) is 128 Å². The predicted octanol–water partition coefficient (Wildman–Crippen LogP) is 5.41. The van der Waals surface area contributed by atoms with Crippen molar-refractivity contribution in [3.05, 3.63) is 92.6 Å². The minimum absolute atomic E-state index is 0.00733. The number of H-pyrrole nitrogens is 1. The molecule has 0 radical (unpaired) electrons. The van der Waals surface area contributed by atoms with Crippen LogP contribution < -0.4 is 19.5 Å². The van der Waals surface area contributed by atoms with Gasteiger partial charge in [-0.25, -0.2) is 27.7 Å². The maximum Gasteiger partial charge on any atom is 0.434 e. The second kappa shape index (κ2) is 12.0. The number of nitrogens with zero attached hydrogens (tertiary/aromatic N) is 3. The summed E-state index contributed by atoms with van der Waals surface area (Å²) in [7, 11) is -4.20. The van der Waals surface area contributed by atoms with Gasteiger partial charge in [-0.3, -0.25) is 4.31 Å². The lowest BCUT2D eigenvalue weighted by atomic mass is 10.0. The van der Waals surface area contributed by atoms with Crippen LogP contribution in [0.3, 0.4) is 0 Å². The number of anilines is 1. The summed E-state index contributed by atoms with van der Waals surface area (Å²) in [6, 6.07) is 11.1. The summed E-state index contributed by atoms with van der Waals surface area (Å²) in [5, 5.41) is 6.30. The zero-order valence-corrected chi connectivity index (χ0v) is 24.6. The number of benzene rings is 2. The summed E-state index contributed by atoms with van der Waals surface area (Å²) < 4.78 is 61.1. The van der Waals surface area contributed by atoms with Crippen LogP contribution >= 0.6 is 11.6 Å². The number of sulfonamides is 1. The van der Waals surface area contributed by atoms with Crippen molar-refractivity contribution in [1.29, 1.82) is 0 Å². The summed E-state index contributed by atoms with van der Waals surface area (Å²) in [4.78, 5) is 15.5. The second-order valence-corrected chi connectivity index (χ2v) is 12.0. The molecule has 220 valence electrons. The van der Waals surface area contributed by atoms with Gasteiger partial charge in [-0.05, 0) is 74.2 Å². The summed E-state index contributed by atoms with van der Waals surface area (Å²) in [6.07, 6.45) is 3.23. The van der Waals surface area contributed by atoms with Gasteiger partial charge in [0.2, 0.25) is 11.8 Å². The second-order valence-electron chi connectivity index (χ2n) is 9.72. The highest BCUT2D eigenvalue weighted by Crippen LogP contribution is 2.41. The molecule has 0 spiro atoms. The minimum Gasteiger partial charge on any atom is -0.486 e. The van der Waals surface area contributed by atoms with E-state index in [-0.39, 0.29) is 46.8 Å². The Morgan fingerprint density at radius 2 is 2.10 bits per heavy atom. The van der Waals surface area contributed by atoms with Gasteiger partial charge in [-0.2, -0.15) is 0 Å². The number of halogens is 2. The Bertz CT molecular complexity index is 1800. The van der Waals surface area contributed by atoms with E-state index in [1.165, 1.54) is 28.7 Å². The van der Waals surface area contributed by atoms with Crippen LogP contribution in [-0.4, -0.2) is 42.9 Å². The van der Waals surface area contributed by atoms with Crippen molar-refractivity contribution in [3.8, 4) is 11.6 Å². The molecule has 3 heterocycles. The number of aromatic amines is 1. The molecule has 0 unspecified atom stereocenters. The van der Waals surface area contributed by atoms with Crippen molar-refractivity contribution in [2.75, 3.05) is 17.5 Å². The van der Waals surface area contributed by atoms with E-state index in [0.29, 0.717) is 34.6 Å². The van der Waals surface area contributed by atoms with E-state index in [4.69, 9.17) is 25.5 Å². The third-order valence-corrected chi connectivity index (χ3v) is 8.71. The molecule has 5 rings (SSSR count). The fourth-order valence-electron chi connectivity index (χ4n) is 4.72. The zero-order chi connectivity index (χ0) is 30.0. The monoisotopic (exact) mass is 614 g/mol. The molecule has 0 saturated heterocycles. The van der Waals surface area contributed by atoms with Crippen LogP contribution in [0.15, 0.2) is 62.8 Å². The molecule has 2 aromatic carbocycles. The van der Waals surface area contributed by atoms with Gasteiger partial charge < -0.3 is 13.9 Å². The number of aromatic nitrogens is 3. The minimum atomic E-state index is -4.20. The quantitative estimate of drug-likeness (QED) is 0.248. The third-order valence-electron chi connectivity index (χ3n) is 6.62. The van der Waals surface area contributed by atoms with Gasteiger partial charge in [0.1, 0.15) is 22.6 Å². The number of aryl methyl sites for hydroxylation is 2. The van der Waals surface area contributed by atoms with E-state index in [1.807, 2.05) is 0 Å². The normalized spacial score (nSPS) is 15.3. The van der Waals surface area contributed by atoms with Crippen molar-refractivity contribution >= 4 is 39.0 Å². The van der Waals surface area contributed by atoms with E-state index >= 15 is 0 Å². The maximum absolute atomic E-state index is 14.6. The molecule has 1 aliphatic rings. The molecule has 0 bridgehead atoms. The Morgan fingerprint density at radius 3 is 2.81 bits per heavy atom. The maximum atomic E-state index is 14.6. The highest BCUT2D eigenvalue weighted by molar-refractivity contribution is 7.93. The molecule has 42 heavy (non-hydrogen) atoms. The number of rotatable bonds is 9. The number of pyridine rings is 1. The van der Waals surface area contributed by atoms with Crippen LogP contribution in [0, 0.1) is 12.7 Å². The SMILES string of the molecule is CCOc1ncc(C)cc1S(=O)(=O)N1C[C@H](CCc2n[nH]c(=O)o2)Oc2ccc(/C=C(\C)c3c(F)cccc3Cl)cc21. The summed E-state index contributed by atoms with van der Waals surface area (Å²) in [6.45, 7) is 5.39. The molecule has 1 N–H and O–H groups in total. The Kier molecular flexibility index (Phi) is 8.37. The van der Waals surface area contributed by atoms with Crippen molar-refractivity contribution < 1.29 is 26.7 Å². The lowest BCUT2D eigenvalue weighted by Crippen LogP contribution is -2.44. The van der Waals surface area contributed by atoms with Crippen LogP contribution in [0.5, 0.6) is 11.6 Å². The van der Waals surface area contributed by atoms with Crippen LogP contribution in [-0.2, 0) is 16.4 Å². The average molecular weight is 615 g/mol. The molecule has 10 nitrogen and oxygen atoms in total. The van der Waals surface area contributed by atoms with Crippen molar-refractivity contribution in [2.45, 2.75) is 44.6 Å². The largest absolute Gasteiger partial charge is 0.486 e.